The van der Waals surface area contributed by atoms with Crippen LogP contribution in [-0.4, -0.2) is 38.6 Å². The summed E-state index contributed by atoms with van der Waals surface area (Å²) in [5.74, 6) is 0.960. The van der Waals surface area contributed by atoms with E-state index in [4.69, 9.17) is 19.3 Å². The van der Waals surface area contributed by atoms with Crippen molar-refractivity contribution in [1.82, 2.24) is 0 Å². The normalized spacial score (nSPS) is 10.2. The fraction of sp³-hybridized carbons (Fsp3) is 0.455. The number of benzene rings is 1. The lowest BCUT2D eigenvalue weighted by molar-refractivity contribution is 0.0544. The van der Waals surface area contributed by atoms with Crippen LogP contribution in [-0.2, 0) is 9.47 Å². The highest BCUT2D eigenvalue weighted by Gasteiger charge is 1.93. The largest absolute Gasteiger partial charge is 0.508 e. The summed E-state index contributed by atoms with van der Waals surface area (Å²) in [7, 11) is 1.64. The molecular formula is C11H16O4. The van der Waals surface area contributed by atoms with Crippen LogP contribution in [0.25, 0.3) is 0 Å². The molecule has 0 atom stereocenters. The van der Waals surface area contributed by atoms with E-state index in [0.717, 1.165) is 5.75 Å². The molecule has 0 aliphatic rings. The van der Waals surface area contributed by atoms with E-state index in [0.29, 0.717) is 26.4 Å². The quantitative estimate of drug-likeness (QED) is 0.695. The molecule has 15 heavy (non-hydrogen) atoms. The number of phenolic OH excluding ortho intramolecular Hbond substituents is 1. The molecule has 0 spiro atoms. The molecule has 1 aromatic rings. The molecule has 0 unspecified atom stereocenters. The zero-order valence-electron chi connectivity index (χ0n) is 8.81. The highest BCUT2D eigenvalue weighted by Crippen LogP contribution is 2.15. The zero-order chi connectivity index (χ0) is 10.9. The Bertz CT molecular complexity index is 258. The number of aromatic hydroxyl groups is 1. The van der Waals surface area contributed by atoms with E-state index in [1.807, 2.05) is 0 Å². The summed E-state index contributed by atoms with van der Waals surface area (Å²) >= 11 is 0. The average Bonchev–Trinajstić information content (AvgIpc) is 2.26. The Morgan fingerprint density at radius 2 is 1.67 bits per heavy atom. The molecule has 0 saturated heterocycles. The molecule has 0 heterocycles. The van der Waals surface area contributed by atoms with Crippen molar-refractivity contribution in [2.45, 2.75) is 0 Å². The van der Waals surface area contributed by atoms with Crippen molar-refractivity contribution >= 4 is 0 Å². The van der Waals surface area contributed by atoms with Gasteiger partial charge in [-0.1, -0.05) is 0 Å². The molecule has 0 aromatic heterocycles. The van der Waals surface area contributed by atoms with Gasteiger partial charge in [-0.25, -0.2) is 0 Å². The first-order valence-electron chi connectivity index (χ1n) is 4.81. The number of hydrogen-bond acceptors (Lipinski definition) is 4. The van der Waals surface area contributed by atoms with Gasteiger partial charge in [0.05, 0.1) is 19.8 Å². The summed E-state index contributed by atoms with van der Waals surface area (Å²) in [5, 5.41) is 9.03. The van der Waals surface area contributed by atoms with E-state index in [-0.39, 0.29) is 5.75 Å². The van der Waals surface area contributed by atoms with E-state index < -0.39 is 0 Å². The van der Waals surface area contributed by atoms with Crippen LogP contribution in [0.2, 0.25) is 0 Å². The Morgan fingerprint density at radius 3 is 2.33 bits per heavy atom. The van der Waals surface area contributed by atoms with Crippen LogP contribution in [0, 0.1) is 0 Å². The monoisotopic (exact) mass is 212 g/mol. The van der Waals surface area contributed by atoms with Crippen molar-refractivity contribution in [2.75, 3.05) is 33.5 Å². The molecule has 0 saturated carbocycles. The van der Waals surface area contributed by atoms with Crippen molar-refractivity contribution in [2.24, 2.45) is 0 Å². The minimum absolute atomic E-state index is 0.235. The smallest absolute Gasteiger partial charge is 0.119 e. The predicted octanol–water partition coefficient (Wildman–Crippen LogP) is 1.43. The number of hydrogen-bond donors (Lipinski definition) is 1. The van der Waals surface area contributed by atoms with Crippen molar-refractivity contribution in [1.29, 1.82) is 0 Å². The second kappa shape index (κ2) is 7.09. The van der Waals surface area contributed by atoms with Gasteiger partial charge in [-0.15, -0.1) is 0 Å². The van der Waals surface area contributed by atoms with Gasteiger partial charge < -0.3 is 19.3 Å². The van der Waals surface area contributed by atoms with Crippen LogP contribution in [0.4, 0.5) is 0 Å². The number of phenols is 1. The fourth-order valence-corrected chi connectivity index (χ4v) is 1.01. The van der Waals surface area contributed by atoms with Gasteiger partial charge in [0.15, 0.2) is 0 Å². The van der Waals surface area contributed by atoms with E-state index >= 15 is 0 Å². The number of rotatable bonds is 7. The van der Waals surface area contributed by atoms with E-state index in [2.05, 4.69) is 0 Å². The third kappa shape index (κ3) is 5.24. The molecule has 1 rings (SSSR count). The molecule has 0 aliphatic carbocycles. The second-order valence-corrected chi connectivity index (χ2v) is 2.95. The van der Waals surface area contributed by atoms with E-state index in [9.17, 15) is 0 Å². The van der Waals surface area contributed by atoms with Gasteiger partial charge in [0, 0.05) is 7.11 Å². The molecule has 4 heteroatoms. The highest BCUT2D eigenvalue weighted by atomic mass is 16.5. The van der Waals surface area contributed by atoms with E-state index in [1.54, 1.807) is 31.4 Å². The number of methoxy groups -OCH3 is 1. The van der Waals surface area contributed by atoms with Crippen molar-refractivity contribution < 1.29 is 19.3 Å². The van der Waals surface area contributed by atoms with Gasteiger partial charge in [-0.05, 0) is 24.3 Å². The lowest BCUT2D eigenvalue weighted by atomic mass is 10.3. The second-order valence-electron chi connectivity index (χ2n) is 2.95. The van der Waals surface area contributed by atoms with Gasteiger partial charge >= 0.3 is 0 Å². The molecule has 0 bridgehead atoms. The standard InChI is InChI=1S/C11H16O4/c1-13-6-7-14-8-9-15-11-4-2-10(12)3-5-11/h2-5,12H,6-9H2,1H3. The summed E-state index contributed by atoms with van der Waals surface area (Å²) in [4.78, 5) is 0. The van der Waals surface area contributed by atoms with Crippen LogP contribution in [0.15, 0.2) is 24.3 Å². The summed E-state index contributed by atoms with van der Waals surface area (Å²) in [6.45, 7) is 2.20. The fourth-order valence-electron chi connectivity index (χ4n) is 1.01. The van der Waals surface area contributed by atoms with Crippen molar-refractivity contribution in [3.05, 3.63) is 24.3 Å². The molecule has 84 valence electrons. The average molecular weight is 212 g/mol. The number of ether oxygens (including phenoxy) is 3. The van der Waals surface area contributed by atoms with Crippen LogP contribution in [0.5, 0.6) is 11.5 Å². The molecule has 1 aromatic carbocycles. The first kappa shape index (κ1) is 11.8. The van der Waals surface area contributed by atoms with Gasteiger partial charge in [0.25, 0.3) is 0 Å². The lowest BCUT2D eigenvalue weighted by Crippen LogP contribution is -2.09. The summed E-state index contributed by atoms with van der Waals surface area (Å²) in [6, 6.07) is 6.59. The maximum Gasteiger partial charge on any atom is 0.119 e. The van der Waals surface area contributed by atoms with Crippen LogP contribution in [0.3, 0.4) is 0 Å². The minimum Gasteiger partial charge on any atom is -0.508 e. The summed E-state index contributed by atoms with van der Waals surface area (Å²) in [6.07, 6.45) is 0. The van der Waals surface area contributed by atoms with Crippen molar-refractivity contribution in [3.63, 3.8) is 0 Å². The molecule has 0 fully saturated rings. The molecule has 0 aliphatic heterocycles. The molecule has 0 radical (unpaired) electrons. The summed E-state index contributed by atoms with van der Waals surface area (Å²) < 4.78 is 15.4. The topological polar surface area (TPSA) is 47.9 Å². The van der Waals surface area contributed by atoms with Gasteiger partial charge in [-0.2, -0.15) is 0 Å². The summed E-state index contributed by atoms with van der Waals surface area (Å²) in [5.41, 5.74) is 0. The SMILES string of the molecule is COCCOCCOc1ccc(O)cc1. The van der Waals surface area contributed by atoms with Crippen LogP contribution in [0.1, 0.15) is 0 Å². The minimum atomic E-state index is 0.235. The van der Waals surface area contributed by atoms with Crippen LogP contribution >= 0.6 is 0 Å². The Balaban J connectivity index is 2.07. The maximum atomic E-state index is 9.03. The van der Waals surface area contributed by atoms with Gasteiger partial charge in [0.1, 0.15) is 18.1 Å². The highest BCUT2D eigenvalue weighted by molar-refractivity contribution is 5.29. The third-order valence-electron chi connectivity index (χ3n) is 1.76. The van der Waals surface area contributed by atoms with E-state index in [1.165, 1.54) is 0 Å². The van der Waals surface area contributed by atoms with Crippen molar-refractivity contribution in [3.8, 4) is 11.5 Å². The molecule has 1 N–H and O–H groups in total. The molecular weight excluding hydrogens is 196 g/mol. The Kier molecular flexibility index (Phi) is 5.58. The molecule has 4 nitrogen and oxygen atoms in total. The van der Waals surface area contributed by atoms with Gasteiger partial charge in [-0.3, -0.25) is 0 Å². The third-order valence-corrected chi connectivity index (χ3v) is 1.76. The maximum absolute atomic E-state index is 9.03. The zero-order valence-corrected chi connectivity index (χ0v) is 8.81. The lowest BCUT2D eigenvalue weighted by Gasteiger charge is -2.06. The Morgan fingerprint density at radius 1 is 1.00 bits per heavy atom. The Labute approximate surface area is 89.4 Å². The van der Waals surface area contributed by atoms with Crippen LogP contribution < -0.4 is 4.74 Å². The predicted molar refractivity (Wildman–Crippen MR) is 56.3 cm³/mol. The first-order chi connectivity index (χ1) is 7.33. The molecule has 0 amide bonds. The Hall–Kier alpha value is -1.26. The van der Waals surface area contributed by atoms with Gasteiger partial charge in [0.2, 0.25) is 0 Å². The first-order valence-corrected chi connectivity index (χ1v) is 4.81.